The molecule has 1 aromatic rings. The molecular weight excluding hydrogens is 242 g/mol. The van der Waals surface area contributed by atoms with E-state index < -0.39 is 10.0 Å². The van der Waals surface area contributed by atoms with E-state index >= 15 is 0 Å². The number of nitrogens with zero attached hydrogens (tertiary/aromatic N) is 3. The minimum absolute atomic E-state index is 0.139. The summed E-state index contributed by atoms with van der Waals surface area (Å²) < 4.78 is 29.1. The van der Waals surface area contributed by atoms with E-state index in [2.05, 4.69) is 24.0 Å². The van der Waals surface area contributed by atoms with Crippen molar-refractivity contribution < 1.29 is 12.9 Å². The third-order valence-electron chi connectivity index (χ3n) is 2.23. The van der Waals surface area contributed by atoms with Crippen LogP contribution in [0.25, 0.3) is 0 Å². The quantitative estimate of drug-likeness (QED) is 0.765. The topological polar surface area (TPSA) is 76.3 Å². The van der Waals surface area contributed by atoms with E-state index in [0.29, 0.717) is 24.2 Å². The van der Waals surface area contributed by atoms with Gasteiger partial charge >= 0.3 is 0 Å². The summed E-state index contributed by atoms with van der Waals surface area (Å²) >= 11 is 0. The highest BCUT2D eigenvalue weighted by Crippen LogP contribution is 2.08. The molecule has 0 bridgehead atoms. The third kappa shape index (κ3) is 4.43. The molecule has 7 heteroatoms. The van der Waals surface area contributed by atoms with Gasteiger partial charge in [0.1, 0.15) is 0 Å². The van der Waals surface area contributed by atoms with Crippen LogP contribution in [0.2, 0.25) is 0 Å². The van der Waals surface area contributed by atoms with E-state index in [9.17, 15) is 8.42 Å². The number of aromatic nitrogens is 2. The summed E-state index contributed by atoms with van der Waals surface area (Å²) in [5.74, 6) is 1.41. The first-order valence-corrected chi connectivity index (χ1v) is 7.44. The van der Waals surface area contributed by atoms with Gasteiger partial charge in [0.05, 0.1) is 12.8 Å². The first-order chi connectivity index (χ1) is 7.82. The van der Waals surface area contributed by atoms with Gasteiger partial charge in [0.25, 0.3) is 0 Å². The summed E-state index contributed by atoms with van der Waals surface area (Å²) in [6, 6.07) is 0. The lowest BCUT2D eigenvalue weighted by molar-refractivity contribution is 0.320. The Morgan fingerprint density at radius 3 is 2.53 bits per heavy atom. The van der Waals surface area contributed by atoms with Gasteiger partial charge in [-0.1, -0.05) is 25.9 Å². The molecular formula is C10H19N3O3S. The van der Waals surface area contributed by atoms with E-state index in [1.165, 1.54) is 10.6 Å². The molecule has 17 heavy (non-hydrogen) atoms. The fourth-order valence-corrected chi connectivity index (χ4v) is 2.23. The van der Waals surface area contributed by atoms with Crippen LogP contribution in [0.3, 0.4) is 0 Å². The molecule has 0 aliphatic heterocycles. The van der Waals surface area contributed by atoms with Crippen LogP contribution in [0.4, 0.5) is 0 Å². The predicted molar refractivity (Wildman–Crippen MR) is 63.8 cm³/mol. The van der Waals surface area contributed by atoms with Crippen LogP contribution < -0.4 is 0 Å². The number of hydrogen-bond donors (Lipinski definition) is 0. The second-order valence-electron chi connectivity index (χ2n) is 4.39. The van der Waals surface area contributed by atoms with Crippen LogP contribution in [0, 0.1) is 5.92 Å². The van der Waals surface area contributed by atoms with E-state index in [1.54, 1.807) is 6.92 Å². The van der Waals surface area contributed by atoms with Crippen LogP contribution in [-0.2, 0) is 23.0 Å². The highest BCUT2D eigenvalue weighted by atomic mass is 32.2. The number of hydrogen-bond acceptors (Lipinski definition) is 5. The highest BCUT2D eigenvalue weighted by Gasteiger charge is 2.18. The second-order valence-corrected chi connectivity index (χ2v) is 6.37. The minimum atomic E-state index is -3.22. The van der Waals surface area contributed by atoms with Crippen molar-refractivity contribution >= 4 is 10.0 Å². The van der Waals surface area contributed by atoms with Crippen molar-refractivity contribution in [3.05, 3.63) is 11.7 Å². The molecule has 0 unspecified atom stereocenters. The normalized spacial score (nSPS) is 12.6. The van der Waals surface area contributed by atoms with Gasteiger partial charge in [-0.05, 0) is 5.92 Å². The first kappa shape index (κ1) is 14.1. The lowest BCUT2D eigenvalue weighted by Gasteiger charge is -2.14. The van der Waals surface area contributed by atoms with Crippen molar-refractivity contribution in [2.75, 3.05) is 12.8 Å². The molecule has 1 heterocycles. The van der Waals surface area contributed by atoms with Crippen LogP contribution in [0.5, 0.6) is 0 Å². The predicted octanol–water partition coefficient (Wildman–Crippen LogP) is 1.05. The van der Waals surface area contributed by atoms with Gasteiger partial charge in [0.2, 0.25) is 15.9 Å². The van der Waals surface area contributed by atoms with Crippen molar-refractivity contribution in [2.24, 2.45) is 5.92 Å². The van der Waals surface area contributed by atoms with Crippen molar-refractivity contribution in [1.29, 1.82) is 0 Å². The van der Waals surface area contributed by atoms with Gasteiger partial charge in [0.15, 0.2) is 5.82 Å². The number of rotatable bonds is 6. The van der Waals surface area contributed by atoms with E-state index in [4.69, 9.17) is 4.52 Å². The Balaban J connectivity index is 2.71. The second kappa shape index (κ2) is 5.59. The van der Waals surface area contributed by atoms with Crippen molar-refractivity contribution in [3.8, 4) is 0 Å². The van der Waals surface area contributed by atoms with Gasteiger partial charge in [-0.15, -0.1) is 0 Å². The van der Waals surface area contributed by atoms with Gasteiger partial charge in [-0.25, -0.2) is 8.42 Å². The first-order valence-electron chi connectivity index (χ1n) is 5.59. The van der Waals surface area contributed by atoms with Crippen molar-refractivity contribution in [2.45, 2.75) is 33.7 Å². The van der Waals surface area contributed by atoms with Crippen LogP contribution in [0.15, 0.2) is 4.52 Å². The zero-order valence-corrected chi connectivity index (χ0v) is 11.5. The van der Waals surface area contributed by atoms with Crippen LogP contribution >= 0.6 is 0 Å². The Morgan fingerprint density at radius 1 is 1.41 bits per heavy atom. The van der Waals surface area contributed by atoms with Crippen LogP contribution in [0.1, 0.15) is 32.5 Å². The molecule has 0 radical (unpaired) electrons. The molecule has 0 aliphatic carbocycles. The monoisotopic (exact) mass is 261 g/mol. The molecule has 0 saturated heterocycles. The molecule has 0 N–H and O–H groups in total. The Labute approximate surface area is 102 Å². The smallest absolute Gasteiger partial charge is 0.241 e. The Bertz CT molecular complexity index is 453. The zero-order chi connectivity index (χ0) is 13.1. The molecule has 0 aliphatic rings. The lowest BCUT2D eigenvalue weighted by atomic mass is 10.1. The summed E-state index contributed by atoms with van der Waals surface area (Å²) in [5, 5.41) is 3.82. The molecule has 6 nitrogen and oxygen atoms in total. The summed E-state index contributed by atoms with van der Waals surface area (Å²) in [4.78, 5) is 4.17. The molecule has 0 aromatic carbocycles. The van der Waals surface area contributed by atoms with Gasteiger partial charge < -0.3 is 4.52 Å². The molecule has 0 amide bonds. The lowest BCUT2D eigenvalue weighted by Crippen LogP contribution is -2.29. The summed E-state index contributed by atoms with van der Waals surface area (Å²) in [6.45, 7) is 6.42. The Morgan fingerprint density at radius 2 is 2.06 bits per heavy atom. The Hall–Kier alpha value is -0.950. The average molecular weight is 261 g/mol. The maximum atomic E-state index is 11.4. The minimum Gasteiger partial charge on any atom is -0.338 e. The molecule has 0 spiro atoms. The van der Waals surface area contributed by atoms with Crippen molar-refractivity contribution in [1.82, 2.24) is 14.4 Å². The van der Waals surface area contributed by atoms with Gasteiger partial charge in [0, 0.05) is 13.0 Å². The number of sulfonamides is 1. The van der Waals surface area contributed by atoms with E-state index in [1.807, 2.05) is 0 Å². The highest BCUT2D eigenvalue weighted by molar-refractivity contribution is 7.88. The summed E-state index contributed by atoms with van der Waals surface area (Å²) in [7, 11) is -3.22. The molecule has 1 rings (SSSR count). The third-order valence-corrected chi connectivity index (χ3v) is 3.56. The van der Waals surface area contributed by atoms with E-state index in [0.717, 1.165) is 6.42 Å². The maximum Gasteiger partial charge on any atom is 0.241 e. The maximum absolute atomic E-state index is 11.4. The zero-order valence-electron chi connectivity index (χ0n) is 10.7. The SMILES string of the molecule is CCN(Cc1nc(CC(C)C)no1)S(C)(=O)=O. The molecule has 0 fully saturated rings. The fraction of sp³-hybridized carbons (Fsp3) is 0.800. The largest absolute Gasteiger partial charge is 0.338 e. The average Bonchev–Trinajstić information content (AvgIpc) is 2.59. The Kier molecular flexibility index (Phi) is 4.64. The van der Waals surface area contributed by atoms with Crippen molar-refractivity contribution in [3.63, 3.8) is 0 Å². The molecule has 98 valence electrons. The van der Waals surface area contributed by atoms with Gasteiger partial charge in [-0.2, -0.15) is 9.29 Å². The summed E-state index contributed by atoms with van der Waals surface area (Å²) in [5.41, 5.74) is 0. The molecule has 1 aromatic heterocycles. The fourth-order valence-electron chi connectivity index (χ4n) is 1.42. The van der Waals surface area contributed by atoms with Gasteiger partial charge in [-0.3, -0.25) is 0 Å². The van der Waals surface area contributed by atoms with E-state index in [-0.39, 0.29) is 6.54 Å². The molecule has 0 saturated carbocycles. The standard InChI is InChI=1S/C10H19N3O3S/c1-5-13(17(4,14)15)7-10-11-9(12-16-10)6-8(2)3/h8H,5-7H2,1-4H3. The van der Waals surface area contributed by atoms with Crippen LogP contribution in [-0.4, -0.2) is 35.7 Å². The summed E-state index contributed by atoms with van der Waals surface area (Å²) in [6.07, 6.45) is 1.90. The molecule has 0 atom stereocenters.